The van der Waals surface area contributed by atoms with Gasteiger partial charge in [-0.3, -0.25) is 9.67 Å². The number of amides is 1. The fourth-order valence-corrected chi connectivity index (χ4v) is 3.94. The third kappa shape index (κ3) is 4.70. The Kier molecular flexibility index (Phi) is 5.57. The highest BCUT2D eigenvalue weighted by molar-refractivity contribution is 5.80. The van der Waals surface area contributed by atoms with E-state index in [0.717, 1.165) is 37.5 Å². The Labute approximate surface area is 160 Å². The normalized spacial score (nSPS) is 25.4. The van der Waals surface area contributed by atoms with Crippen LogP contribution in [0.25, 0.3) is 0 Å². The van der Waals surface area contributed by atoms with Crippen molar-refractivity contribution in [2.24, 2.45) is 12.0 Å². The van der Waals surface area contributed by atoms with E-state index in [9.17, 15) is 4.79 Å². The van der Waals surface area contributed by atoms with E-state index in [1.165, 1.54) is 6.33 Å². The van der Waals surface area contributed by atoms with E-state index in [0.29, 0.717) is 6.54 Å². The van der Waals surface area contributed by atoms with E-state index >= 15 is 0 Å². The van der Waals surface area contributed by atoms with Crippen molar-refractivity contribution in [2.75, 3.05) is 7.05 Å². The molecule has 2 unspecified atom stereocenters. The molecule has 2 bridgehead atoms. The Morgan fingerprint density at radius 1 is 1.33 bits per heavy atom. The van der Waals surface area contributed by atoms with Gasteiger partial charge >= 0.3 is 6.09 Å². The summed E-state index contributed by atoms with van der Waals surface area (Å²) < 4.78 is 7.34. The molecule has 3 rings (SSSR count). The van der Waals surface area contributed by atoms with Gasteiger partial charge in [0.05, 0.1) is 6.54 Å². The summed E-state index contributed by atoms with van der Waals surface area (Å²) >= 11 is 0. The van der Waals surface area contributed by atoms with E-state index in [-0.39, 0.29) is 24.2 Å². The van der Waals surface area contributed by atoms with Crippen molar-refractivity contribution in [2.45, 2.75) is 76.7 Å². The van der Waals surface area contributed by atoms with Crippen LogP contribution in [-0.4, -0.2) is 62.5 Å². The zero-order chi connectivity index (χ0) is 19.6. The largest absolute Gasteiger partial charge is 0.444 e. The summed E-state index contributed by atoms with van der Waals surface area (Å²) in [4.78, 5) is 23.0. The molecule has 0 radical (unpaired) electrons. The molecule has 150 valence electrons. The number of rotatable bonds is 3. The maximum Gasteiger partial charge on any atom is 0.410 e. The van der Waals surface area contributed by atoms with Gasteiger partial charge in [0.1, 0.15) is 17.8 Å². The number of ether oxygens (including phenoxy) is 1. The second-order valence-corrected chi connectivity index (χ2v) is 8.31. The zero-order valence-corrected chi connectivity index (χ0v) is 16.9. The SMILES string of the molecule is CN=C(NCc1ncnn1C)NC1CC2CCC(C1)N2C(=O)OC(C)(C)C. The first-order valence-electron chi connectivity index (χ1n) is 9.58. The molecule has 2 fully saturated rings. The van der Waals surface area contributed by atoms with Gasteiger partial charge in [0.15, 0.2) is 5.96 Å². The Morgan fingerprint density at radius 2 is 2.00 bits per heavy atom. The number of guanidine groups is 1. The number of nitrogens with zero attached hydrogens (tertiary/aromatic N) is 5. The van der Waals surface area contributed by atoms with Gasteiger partial charge in [-0.05, 0) is 46.5 Å². The molecule has 2 aliphatic rings. The molecular formula is C18H31N7O2. The monoisotopic (exact) mass is 377 g/mol. The fraction of sp³-hybridized carbons (Fsp3) is 0.778. The number of aromatic nitrogens is 3. The average Bonchev–Trinajstić information content (AvgIpc) is 3.11. The number of hydrogen-bond donors (Lipinski definition) is 2. The summed E-state index contributed by atoms with van der Waals surface area (Å²) in [7, 11) is 3.63. The minimum absolute atomic E-state index is 0.182. The van der Waals surface area contributed by atoms with Crippen LogP contribution in [0.2, 0.25) is 0 Å². The lowest BCUT2D eigenvalue weighted by Crippen LogP contribution is -2.54. The van der Waals surface area contributed by atoms with Crippen LogP contribution in [0.4, 0.5) is 4.79 Å². The highest BCUT2D eigenvalue weighted by Gasteiger charge is 2.45. The van der Waals surface area contributed by atoms with Gasteiger partial charge < -0.3 is 20.3 Å². The van der Waals surface area contributed by atoms with Crippen molar-refractivity contribution in [1.82, 2.24) is 30.3 Å². The van der Waals surface area contributed by atoms with E-state index in [1.807, 2.05) is 32.7 Å². The number of aryl methyl sites for hydroxylation is 1. The summed E-state index contributed by atoms with van der Waals surface area (Å²) in [6.45, 7) is 6.29. The van der Waals surface area contributed by atoms with Crippen molar-refractivity contribution < 1.29 is 9.53 Å². The molecule has 2 aliphatic heterocycles. The molecule has 0 saturated carbocycles. The molecule has 0 aromatic carbocycles. The lowest BCUT2D eigenvalue weighted by Gasteiger charge is -2.40. The lowest BCUT2D eigenvalue weighted by atomic mass is 9.98. The summed E-state index contributed by atoms with van der Waals surface area (Å²) in [6, 6.07) is 0.743. The van der Waals surface area contributed by atoms with Crippen LogP contribution in [0.1, 0.15) is 52.3 Å². The molecule has 0 spiro atoms. The van der Waals surface area contributed by atoms with Crippen molar-refractivity contribution >= 4 is 12.1 Å². The Hall–Kier alpha value is -2.32. The molecule has 2 saturated heterocycles. The number of carbonyl (C=O) groups is 1. The molecule has 2 N–H and O–H groups in total. The molecule has 1 aromatic heterocycles. The summed E-state index contributed by atoms with van der Waals surface area (Å²) in [6.07, 6.45) is 5.23. The van der Waals surface area contributed by atoms with E-state index in [2.05, 4.69) is 25.7 Å². The maximum absolute atomic E-state index is 12.6. The molecule has 9 nitrogen and oxygen atoms in total. The molecule has 1 aromatic rings. The lowest BCUT2D eigenvalue weighted by molar-refractivity contribution is 0.00545. The van der Waals surface area contributed by atoms with Gasteiger partial charge in [0.2, 0.25) is 0 Å². The standard InChI is InChI=1S/C18H31N7O2/c1-18(2,3)27-17(26)25-13-6-7-14(25)9-12(8-13)23-16(19-4)20-10-15-21-11-22-24(15)5/h11-14H,6-10H2,1-5H3,(H2,19,20,23). The minimum Gasteiger partial charge on any atom is -0.444 e. The van der Waals surface area contributed by atoms with Gasteiger partial charge in [-0.15, -0.1) is 0 Å². The highest BCUT2D eigenvalue weighted by atomic mass is 16.6. The highest BCUT2D eigenvalue weighted by Crippen LogP contribution is 2.36. The first kappa shape index (κ1) is 19.4. The number of carbonyl (C=O) groups excluding carboxylic acids is 1. The first-order chi connectivity index (χ1) is 12.8. The second-order valence-electron chi connectivity index (χ2n) is 8.31. The number of piperidine rings is 1. The van der Waals surface area contributed by atoms with Crippen LogP contribution in [0.3, 0.4) is 0 Å². The van der Waals surface area contributed by atoms with Crippen molar-refractivity contribution in [3.8, 4) is 0 Å². The third-order valence-electron chi connectivity index (χ3n) is 5.12. The van der Waals surface area contributed by atoms with Crippen molar-refractivity contribution in [3.05, 3.63) is 12.2 Å². The topological polar surface area (TPSA) is 96.7 Å². The summed E-state index contributed by atoms with van der Waals surface area (Å²) in [5.41, 5.74) is -0.461. The fourth-order valence-electron chi connectivity index (χ4n) is 3.94. The van der Waals surface area contributed by atoms with E-state index < -0.39 is 5.60 Å². The Bertz CT molecular complexity index is 680. The van der Waals surface area contributed by atoms with Crippen molar-refractivity contribution in [3.63, 3.8) is 0 Å². The average molecular weight is 377 g/mol. The Morgan fingerprint density at radius 3 is 2.52 bits per heavy atom. The summed E-state index contributed by atoms with van der Waals surface area (Å²) in [5.74, 6) is 1.59. The molecule has 0 aliphatic carbocycles. The van der Waals surface area contributed by atoms with Gasteiger partial charge in [0, 0.05) is 32.2 Å². The predicted octanol–water partition coefficient (Wildman–Crippen LogP) is 1.41. The van der Waals surface area contributed by atoms with Crippen LogP contribution < -0.4 is 10.6 Å². The Balaban J connectivity index is 1.54. The second kappa shape index (κ2) is 7.74. The van der Waals surface area contributed by atoms with Gasteiger partial charge in [-0.1, -0.05) is 0 Å². The van der Waals surface area contributed by atoms with E-state index in [1.54, 1.807) is 11.7 Å². The molecular weight excluding hydrogens is 346 g/mol. The molecule has 2 atom stereocenters. The number of aliphatic imine (C=N–C) groups is 1. The molecule has 1 amide bonds. The number of nitrogens with one attached hydrogen (secondary N) is 2. The molecule has 27 heavy (non-hydrogen) atoms. The minimum atomic E-state index is -0.461. The molecule has 9 heteroatoms. The van der Waals surface area contributed by atoms with Crippen LogP contribution >= 0.6 is 0 Å². The number of fused-ring (bicyclic) bond motifs is 2. The van der Waals surface area contributed by atoms with Crippen LogP contribution in [0.15, 0.2) is 11.3 Å². The smallest absolute Gasteiger partial charge is 0.410 e. The first-order valence-corrected chi connectivity index (χ1v) is 9.58. The quantitative estimate of drug-likeness (QED) is 0.611. The zero-order valence-electron chi connectivity index (χ0n) is 16.9. The predicted molar refractivity (Wildman–Crippen MR) is 102 cm³/mol. The van der Waals surface area contributed by atoms with Crippen LogP contribution in [0, 0.1) is 0 Å². The van der Waals surface area contributed by atoms with Crippen LogP contribution in [0.5, 0.6) is 0 Å². The summed E-state index contributed by atoms with van der Waals surface area (Å²) in [5, 5.41) is 10.9. The van der Waals surface area contributed by atoms with Crippen molar-refractivity contribution in [1.29, 1.82) is 0 Å². The maximum atomic E-state index is 12.6. The number of hydrogen-bond acceptors (Lipinski definition) is 5. The van der Waals surface area contributed by atoms with E-state index in [4.69, 9.17) is 4.74 Å². The van der Waals surface area contributed by atoms with Gasteiger partial charge in [-0.2, -0.15) is 5.10 Å². The van der Waals surface area contributed by atoms with Crippen LogP contribution in [-0.2, 0) is 18.3 Å². The van der Waals surface area contributed by atoms with Gasteiger partial charge in [-0.25, -0.2) is 9.78 Å². The third-order valence-corrected chi connectivity index (χ3v) is 5.12. The van der Waals surface area contributed by atoms with Gasteiger partial charge in [0.25, 0.3) is 0 Å². The molecule has 3 heterocycles.